The van der Waals surface area contributed by atoms with E-state index < -0.39 is 0 Å². The first kappa shape index (κ1) is 15.4. The summed E-state index contributed by atoms with van der Waals surface area (Å²) in [6, 6.07) is -0.0144. The van der Waals surface area contributed by atoms with Gasteiger partial charge in [-0.15, -0.1) is 0 Å². The molecule has 0 aliphatic carbocycles. The lowest BCUT2D eigenvalue weighted by molar-refractivity contribution is -0.145. The summed E-state index contributed by atoms with van der Waals surface area (Å²) >= 11 is 0. The molecule has 0 saturated carbocycles. The molecule has 2 atom stereocenters. The molecule has 96 valence electrons. The fourth-order valence-electron chi connectivity index (χ4n) is 1.72. The fourth-order valence-corrected chi connectivity index (χ4v) is 1.72. The van der Waals surface area contributed by atoms with Gasteiger partial charge in [0.2, 0.25) is 0 Å². The van der Waals surface area contributed by atoms with Crippen LogP contribution < -0.4 is 5.32 Å². The number of carbonyl (C=O) groups is 1. The van der Waals surface area contributed by atoms with E-state index in [0.717, 1.165) is 12.8 Å². The van der Waals surface area contributed by atoms with Crippen molar-refractivity contribution < 1.29 is 14.6 Å². The zero-order valence-corrected chi connectivity index (χ0v) is 11.0. The quantitative estimate of drug-likeness (QED) is 0.649. The predicted molar refractivity (Wildman–Crippen MR) is 64.2 cm³/mol. The Hall–Kier alpha value is -0.610. The third-order valence-corrected chi connectivity index (χ3v) is 3.51. The Bertz CT molecular complexity index is 206. The molecular formula is C12H25NO3. The molecular weight excluding hydrogens is 206 g/mol. The first-order valence-corrected chi connectivity index (χ1v) is 5.92. The van der Waals surface area contributed by atoms with Crippen molar-refractivity contribution >= 4 is 5.97 Å². The van der Waals surface area contributed by atoms with Crippen molar-refractivity contribution in [3.8, 4) is 0 Å². The molecule has 0 saturated heterocycles. The number of methoxy groups -OCH3 is 1. The Balaban J connectivity index is 4.51. The molecule has 0 aromatic rings. The number of hydrogen-bond donors (Lipinski definition) is 2. The number of esters is 1. The molecule has 0 bridgehead atoms. The summed E-state index contributed by atoms with van der Waals surface area (Å²) in [6.07, 6.45) is 1.66. The first-order valence-electron chi connectivity index (χ1n) is 5.92. The maximum absolute atomic E-state index is 11.4. The van der Waals surface area contributed by atoms with E-state index >= 15 is 0 Å². The zero-order valence-electron chi connectivity index (χ0n) is 11.0. The molecule has 0 spiro atoms. The Morgan fingerprint density at radius 3 is 2.19 bits per heavy atom. The van der Waals surface area contributed by atoms with Gasteiger partial charge < -0.3 is 15.2 Å². The molecule has 2 N–H and O–H groups in total. The largest absolute Gasteiger partial charge is 0.469 e. The molecule has 0 aromatic heterocycles. The van der Waals surface area contributed by atoms with Crippen molar-refractivity contribution in [2.45, 2.75) is 52.1 Å². The van der Waals surface area contributed by atoms with Gasteiger partial charge in [0.25, 0.3) is 0 Å². The highest BCUT2D eigenvalue weighted by Crippen LogP contribution is 2.17. The second-order valence-electron chi connectivity index (χ2n) is 4.39. The minimum atomic E-state index is -0.290. The van der Waals surface area contributed by atoms with Crippen LogP contribution in [-0.2, 0) is 9.53 Å². The summed E-state index contributed by atoms with van der Waals surface area (Å²) in [5.74, 6) is -0.437. The molecule has 0 aliphatic heterocycles. The van der Waals surface area contributed by atoms with E-state index in [4.69, 9.17) is 4.74 Å². The molecule has 0 heterocycles. The van der Waals surface area contributed by atoms with Crippen molar-refractivity contribution in [3.63, 3.8) is 0 Å². The van der Waals surface area contributed by atoms with Gasteiger partial charge in [-0.3, -0.25) is 4.79 Å². The topological polar surface area (TPSA) is 58.6 Å². The SMILES string of the molecule is CCC(CC)(CO)NC(C)C(C)C(=O)OC. The molecule has 0 rings (SSSR count). The van der Waals surface area contributed by atoms with Crippen LogP contribution >= 0.6 is 0 Å². The van der Waals surface area contributed by atoms with E-state index in [-0.39, 0.29) is 30.1 Å². The Kier molecular flexibility index (Phi) is 6.60. The summed E-state index contributed by atoms with van der Waals surface area (Å²) in [4.78, 5) is 11.4. The van der Waals surface area contributed by atoms with E-state index in [1.807, 2.05) is 27.7 Å². The third kappa shape index (κ3) is 3.76. The molecule has 0 amide bonds. The van der Waals surface area contributed by atoms with Crippen molar-refractivity contribution in [3.05, 3.63) is 0 Å². The number of aliphatic hydroxyl groups is 1. The molecule has 16 heavy (non-hydrogen) atoms. The highest BCUT2D eigenvalue weighted by Gasteiger charge is 2.30. The van der Waals surface area contributed by atoms with Gasteiger partial charge in [0.15, 0.2) is 0 Å². The standard InChI is InChI=1S/C12H25NO3/c1-6-12(7-2,8-14)13-10(4)9(3)11(15)16-5/h9-10,13-14H,6-8H2,1-5H3. The number of carbonyl (C=O) groups excluding carboxylic acids is 1. The van der Waals surface area contributed by atoms with Gasteiger partial charge >= 0.3 is 5.97 Å². The molecule has 0 radical (unpaired) electrons. The van der Waals surface area contributed by atoms with Crippen molar-refractivity contribution in [2.24, 2.45) is 5.92 Å². The molecule has 4 nitrogen and oxygen atoms in total. The van der Waals surface area contributed by atoms with Crippen LogP contribution in [-0.4, -0.2) is 36.4 Å². The van der Waals surface area contributed by atoms with Crippen molar-refractivity contribution in [1.29, 1.82) is 0 Å². The molecule has 0 fully saturated rings. The van der Waals surface area contributed by atoms with E-state index in [1.165, 1.54) is 7.11 Å². The van der Waals surface area contributed by atoms with Crippen LogP contribution in [0.25, 0.3) is 0 Å². The lowest BCUT2D eigenvalue weighted by Crippen LogP contribution is -2.54. The molecule has 0 aromatic carbocycles. The van der Waals surface area contributed by atoms with Crippen LogP contribution in [0, 0.1) is 5.92 Å². The van der Waals surface area contributed by atoms with Crippen LogP contribution in [0.4, 0.5) is 0 Å². The van der Waals surface area contributed by atoms with Crippen molar-refractivity contribution in [2.75, 3.05) is 13.7 Å². The lowest BCUT2D eigenvalue weighted by Gasteiger charge is -2.35. The fraction of sp³-hybridized carbons (Fsp3) is 0.917. The average Bonchev–Trinajstić information content (AvgIpc) is 2.33. The van der Waals surface area contributed by atoms with E-state index in [1.54, 1.807) is 0 Å². The number of hydrogen-bond acceptors (Lipinski definition) is 4. The maximum atomic E-state index is 11.4. The van der Waals surface area contributed by atoms with Crippen LogP contribution in [0.2, 0.25) is 0 Å². The number of rotatable bonds is 7. The Labute approximate surface area is 98.4 Å². The van der Waals surface area contributed by atoms with Crippen molar-refractivity contribution in [1.82, 2.24) is 5.32 Å². The number of ether oxygens (including phenoxy) is 1. The Morgan fingerprint density at radius 1 is 1.38 bits per heavy atom. The molecule has 0 aliphatic rings. The normalized spacial score (nSPS) is 15.6. The number of aliphatic hydroxyl groups excluding tert-OH is 1. The van der Waals surface area contributed by atoms with Crippen LogP contribution in [0.1, 0.15) is 40.5 Å². The minimum Gasteiger partial charge on any atom is -0.469 e. The third-order valence-electron chi connectivity index (χ3n) is 3.51. The monoisotopic (exact) mass is 231 g/mol. The lowest BCUT2D eigenvalue weighted by atomic mass is 9.90. The summed E-state index contributed by atoms with van der Waals surface area (Å²) in [6.45, 7) is 7.91. The van der Waals surface area contributed by atoms with E-state index in [0.29, 0.717) is 0 Å². The smallest absolute Gasteiger partial charge is 0.309 e. The summed E-state index contributed by atoms with van der Waals surface area (Å²) in [5, 5.41) is 12.8. The first-order chi connectivity index (χ1) is 7.46. The van der Waals surface area contributed by atoms with Gasteiger partial charge in [0.1, 0.15) is 0 Å². The summed E-state index contributed by atoms with van der Waals surface area (Å²) < 4.78 is 4.71. The zero-order chi connectivity index (χ0) is 12.8. The molecule has 2 unspecified atom stereocenters. The minimum absolute atomic E-state index is 0.0144. The highest BCUT2D eigenvalue weighted by atomic mass is 16.5. The average molecular weight is 231 g/mol. The predicted octanol–water partition coefficient (Wildman–Crippen LogP) is 1.32. The second kappa shape index (κ2) is 6.86. The van der Waals surface area contributed by atoms with Gasteiger partial charge in [-0.2, -0.15) is 0 Å². The van der Waals surface area contributed by atoms with Gasteiger partial charge in [-0.25, -0.2) is 0 Å². The van der Waals surface area contributed by atoms with Gasteiger partial charge in [0.05, 0.1) is 19.6 Å². The van der Waals surface area contributed by atoms with E-state index in [2.05, 4.69) is 5.32 Å². The van der Waals surface area contributed by atoms with E-state index in [9.17, 15) is 9.90 Å². The van der Waals surface area contributed by atoms with Gasteiger partial charge in [0, 0.05) is 11.6 Å². The summed E-state index contributed by atoms with van der Waals surface area (Å²) in [5.41, 5.74) is -0.290. The van der Waals surface area contributed by atoms with Crippen LogP contribution in [0.5, 0.6) is 0 Å². The Morgan fingerprint density at radius 2 is 1.88 bits per heavy atom. The maximum Gasteiger partial charge on any atom is 0.309 e. The van der Waals surface area contributed by atoms with Crippen LogP contribution in [0.15, 0.2) is 0 Å². The highest BCUT2D eigenvalue weighted by molar-refractivity contribution is 5.72. The number of nitrogens with one attached hydrogen (secondary N) is 1. The van der Waals surface area contributed by atoms with Gasteiger partial charge in [-0.05, 0) is 19.8 Å². The molecule has 4 heteroatoms. The van der Waals surface area contributed by atoms with Crippen LogP contribution in [0.3, 0.4) is 0 Å². The summed E-state index contributed by atoms with van der Waals surface area (Å²) in [7, 11) is 1.39. The van der Waals surface area contributed by atoms with Gasteiger partial charge in [-0.1, -0.05) is 20.8 Å². The second-order valence-corrected chi connectivity index (χ2v) is 4.39.